The number of aromatic nitrogens is 2. The maximum Gasteiger partial charge on any atom is 0.293 e. The number of fused-ring (bicyclic) bond motifs is 3. The minimum atomic E-state index is -4.62. The lowest BCUT2D eigenvalue weighted by atomic mass is 9.59. The molecule has 5 aromatic rings. The van der Waals surface area contributed by atoms with E-state index in [4.69, 9.17) is 19.2 Å². The number of carbonyl (C=O) groups is 1. The Labute approximate surface area is 418 Å². The van der Waals surface area contributed by atoms with E-state index in [9.17, 15) is 28.4 Å². The van der Waals surface area contributed by atoms with Crippen molar-refractivity contribution in [1.82, 2.24) is 19.6 Å². The molecule has 1 spiro atoms. The number of hydrogen-bond donors (Lipinski definition) is 4. The monoisotopic (exact) mass is 1010 g/mol. The smallest absolute Gasteiger partial charge is 0.293 e. The molecule has 5 fully saturated rings. The predicted octanol–water partition coefficient (Wildman–Crippen LogP) is 8.64. The van der Waals surface area contributed by atoms with Gasteiger partial charge in [-0.2, -0.15) is 4.98 Å². The molecule has 3 saturated heterocycles. The summed E-state index contributed by atoms with van der Waals surface area (Å²) in [5, 5.41) is 29.0. The van der Waals surface area contributed by atoms with Crippen LogP contribution in [0.3, 0.4) is 0 Å². The number of morpholine rings is 1. The number of ether oxygens (including phenoxy) is 3. The van der Waals surface area contributed by atoms with E-state index in [0.29, 0.717) is 73.9 Å². The van der Waals surface area contributed by atoms with Crippen LogP contribution in [-0.2, 0) is 19.5 Å². The number of hydrogen-bond acceptors (Lipinski definition) is 15. The van der Waals surface area contributed by atoms with Crippen LogP contribution < -0.4 is 24.6 Å². The molecule has 4 aliphatic heterocycles. The van der Waals surface area contributed by atoms with E-state index in [1.54, 1.807) is 6.07 Å². The first kappa shape index (κ1) is 48.0. The van der Waals surface area contributed by atoms with Crippen LogP contribution in [0, 0.1) is 21.4 Å². The lowest BCUT2D eigenvalue weighted by Crippen LogP contribution is -2.58. The van der Waals surface area contributed by atoms with Crippen LogP contribution in [0.25, 0.3) is 11.0 Å². The molecule has 19 heteroatoms. The number of aliphatic hydroxyl groups is 1. The van der Waals surface area contributed by atoms with Gasteiger partial charge in [0.2, 0.25) is 5.88 Å². The van der Waals surface area contributed by atoms with Gasteiger partial charge in [0.1, 0.15) is 23.1 Å². The van der Waals surface area contributed by atoms with Crippen molar-refractivity contribution in [3.63, 3.8) is 0 Å². The molecule has 71 heavy (non-hydrogen) atoms. The number of rotatable bonds is 12. The van der Waals surface area contributed by atoms with Gasteiger partial charge in [0, 0.05) is 67.0 Å². The number of nitrogens with one attached hydrogen (secondary N) is 3. The van der Waals surface area contributed by atoms with Crippen LogP contribution in [0.4, 0.5) is 28.4 Å². The summed E-state index contributed by atoms with van der Waals surface area (Å²) in [6, 6.07) is 16.0. The van der Waals surface area contributed by atoms with Crippen LogP contribution in [0.2, 0.25) is 0 Å². The second-order valence-corrected chi connectivity index (χ2v) is 24.0. The van der Waals surface area contributed by atoms with Crippen molar-refractivity contribution in [2.75, 3.05) is 67.7 Å². The normalized spacial score (nSPS) is 25.9. The number of benzene rings is 2. The topological polar surface area (TPSA) is 205 Å². The van der Waals surface area contributed by atoms with Crippen LogP contribution in [0.15, 0.2) is 71.1 Å². The number of anilines is 4. The first-order chi connectivity index (χ1) is 34.1. The van der Waals surface area contributed by atoms with Gasteiger partial charge >= 0.3 is 0 Å². The fraction of sp³-hybridized carbons (Fsp3) is 0.538. The zero-order chi connectivity index (χ0) is 49.2. The number of pyridine rings is 1. The van der Waals surface area contributed by atoms with Crippen molar-refractivity contribution in [2.45, 2.75) is 119 Å². The molecule has 0 bridgehead atoms. The van der Waals surface area contributed by atoms with Gasteiger partial charge in [0.15, 0.2) is 0 Å². The Hall–Kier alpha value is -5.31. The summed E-state index contributed by atoms with van der Waals surface area (Å²) in [7, 11) is -4.62. The average molecular weight is 1010 g/mol. The molecule has 2 saturated carbocycles. The van der Waals surface area contributed by atoms with E-state index in [1.807, 2.05) is 48.7 Å². The Bertz CT molecular complexity index is 2910. The fourth-order valence-corrected chi connectivity index (χ4v) is 14.2. The number of amides is 1. The number of H-pyrrole nitrogens is 1. The Morgan fingerprint density at radius 3 is 2.55 bits per heavy atom. The summed E-state index contributed by atoms with van der Waals surface area (Å²) < 4.78 is 49.1. The molecule has 0 radical (unpaired) electrons. The Balaban J connectivity index is 0.865. The SMILES string of the molecule is CC(C)c1sccc1[C@@H]1COCCN1C1CC2(CCN(c3ccc(C(=O)NS(=O)(=O)c4ccc(NC[C@H]5CC[C@](C)(O)CC5)c([N+](=O)[O-])c4)c(N4c5cc6cc[nH]c6nc5O[C@H]5COCC[C@@H]54)c3)CC2)C1. The quantitative estimate of drug-likeness (QED) is 0.0683. The van der Waals surface area contributed by atoms with E-state index in [0.717, 1.165) is 88.5 Å². The van der Waals surface area contributed by atoms with Crippen molar-refractivity contribution in [2.24, 2.45) is 11.3 Å². The second kappa shape index (κ2) is 18.9. The third-order valence-electron chi connectivity index (χ3n) is 16.3. The highest BCUT2D eigenvalue weighted by atomic mass is 32.2. The van der Waals surface area contributed by atoms with Crippen molar-refractivity contribution < 1.29 is 37.5 Å². The molecular formula is C52H64N8O9S2. The molecule has 2 aromatic carbocycles. The zero-order valence-corrected chi connectivity index (χ0v) is 42.2. The van der Waals surface area contributed by atoms with E-state index in [-0.39, 0.29) is 34.7 Å². The van der Waals surface area contributed by atoms with E-state index in [1.165, 1.54) is 22.6 Å². The van der Waals surface area contributed by atoms with Gasteiger partial charge in [-0.15, -0.1) is 11.3 Å². The minimum absolute atomic E-state index is 0.116. The van der Waals surface area contributed by atoms with Gasteiger partial charge in [-0.25, -0.2) is 13.1 Å². The first-order valence-electron chi connectivity index (χ1n) is 25.3. The van der Waals surface area contributed by atoms with Crippen LogP contribution >= 0.6 is 11.3 Å². The summed E-state index contributed by atoms with van der Waals surface area (Å²) in [5.41, 5.74) is 3.54. The number of nitro groups is 1. The van der Waals surface area contributed by atoms with Gasteiger partial charge in [0.05, 0.1) is 58.6 Å². The Kier molecular flexibility index (Phi) is 12.8. The number of sulfonamides is 1. The third kappa shape index (κ3) is 9.37. The van der Waals surface area contributed by atoms with Crippen LogP contribution in [0.5, 0.6) is 5.88 Å². The fourth-order valence-electron chi connectivity index (χ4n) is 12.3. The molecular weight excluding hydrogens is 945 g/mol. The summed E-state index contributed by atoms with van der Waals surface area (Å²) in [6.07, 6.45) is 9.13. The number of carbonyl (C=O) groups excluding carboxylic acids is 1. The number of nitro benzene ring substituents is 1. The summed E-state index contributed by atoms with van der Waals surface area (Å²) in [4.78, 5) is 42.7. The number of thiophene rings is 1. The second-order valence-electron chi connectivity index (χ2n) is 21.4. The molecule has 4 N–H and O–H groups in total. The highest BCUT2D eigenvalue weighted by molar-refractivity contribution is 7.90. The predicted molar refractivity (Wildman–Crippen MR) is 273 cm³/mol. The van der Waals surface area contributed by atoms with Crippen molar-refractivity contribution in [1.29, 1.82) is 0 Å². The number of piperidine rings is 1. The molecule has 7 heterocycles. The van der Waals surface area contributed by atoms with E-state index < -0.39 is 43.1 Å². The highest BCUT2D eigenvalue weighted by Crippen LogP contribution is 2.54. The van der Waals surface area contributed by atoms with Crippen molar-refractivity contribution in [3.05, 3.63) is 92.3 Å². The lowest BCUT2D eigenvalue weighted by molar-refractivity contribution is -0.384. The summed E-state index contributed by atoms with van der Waals surface area (Å²) in [5.74, 6) is 0.166. The van der Waals surface area contributed by atoms with Gasteiger partial charge < -0.3 is 39.4 Å². The Morgan fingerprint density at radius 1 is 0.986 bits per heavy atom. The van der Waals surface area contributed by atoms with E-state index >= 15 is 0 Å². The maximum atomic E-state index is 14.7. The molecule has 2 aliphatic carbocycles. The first-order valence-corrected chi connectivity index (χ1v) is 27.6. The molecule has 3 atom stereocenters. The number of nitrogens with zero attached hydrogens (tertiary/aromatic N) is 5. The van der Waals surface area contributed by atoms with Gasteiger partial charge in [0.25, 0.3) is 21.6 Å². The zero-order valence-electron chi connectivity index (χ0n) is 40.6. The Morgan fingerprint density at radius 2 is 1.77 bits per heavy atom. The summed E-state index contributed by atoms with van der Waals surface area (Å²) in [6.45, 7) is 11.7. The standard InChI is InChI=1S/C52H64N8O9S2/c1-32(2)47-38(12-23-70-47)45-30-68-22-20-58(45)36-27-52(28-36)15-18-57(19-16-52)35-4-6-39(42(25-35)59-41-11-21-67-31-46(41)69-50-44(59)24-34-10-17-53-48(34)55-50)49(61)56-71(65,66)37-5-7-40(43(26-37)60(63)64)54-29-33-8-13-51(3,62)14-9-33/h4-7,10,12,17,23-26,32-33,36,41,45-46,54,62H,8-9,11,13-16,18-22,27-31H2,1-3H3,(H,53,55)(H,56,61)/t33-,41-,45-,46-,51-/m0/s1. The van der Waals surface area contributed by atoms with Gasteiger partial charge in [-0.1, -0.05) is 13.8 Å². The highest BCUT2D eigenvalue weighted by Gasteiger charge is 2.50. The van der Waals surface area contributed by atoms with Gasteiger partial charge in [-0.3, -0.25) is 19.8 Å². The van der Waals surface area contributed by atoms with Crippen molar-refractivity contribution >= 4 is 66.7 Å². The molecule has 6 aliphatic rings. The third-order valence-corrected chi connectivity index (χ3v) is 18.9. The largest absolute Gasteiger partial charge is 0.468 e. The van der Waals surface area contributed by atoms with Crippen LogP contribution in [-0.4, -0.2) is 116 Å². The molecule has 17 nitrogen and oxygen atoms in total. The molecule has 1 amide bonds. The molecule has 378 valence electrons. The molecule has 0 unspecified atom stereocenters. The van der Waals surface area contributed by atoms with Crippen molar-refractivity contribution in [3.8, 4) is 5.88 Å². The molecule has 3 aromatic heterocycles. The van der Waals surface area contributed by atoms with Crippen LogP contribution in [0.1, 0.15) is 111 Å². The lowest BCUT2D eigenvalue weighted by Gasteiger charge is -2.57. The maximum absolute atomic E-state index is 14.7. The molecule has 11 rings (SSSR count). The van der Waals surface area contributed by atoms with E-state index in [2.05, 4.69) is 55.0 Å². The summed E-state index contributed by atoms with van der Waals surface area (Å²) >= 11 is 1.85. The number of aromatic amines is 1. The average Bonchev–Trinajstić information content (AvgIpc) is 4.04. The van der Waals surface area contributed by atoms with Gasteiger partial charge in [-0.05, 0) is 141 Å². The minimum Gasteiger partial charge on any atom is -0.468 e.